The van der Waals surface area contributed by atoms with Crippen LogP contribution in [0.25, 0.3) is 0 Å². The number of aryl methyl sites for hydroxylation is 2. The Labute approximate surface area is 108 Å². The van der Waals surface area contributed by atoms with Crippen LogP contribution >= 0.6 is 0 Å². The van der Waals surface area contributed by atoms with Crippen molar-refractivity contribution in [3.63, 3.8) is 0 Å². The lowest BCUT2D eigenvalue weighted by Gasteiger charge is -2.32. The summed E-state index contributed by atoms with van der Waals surface area (Å²) in [5.41, 5.74) is 9.53. The van der Waals surface area contributed by atoms with Crippen molar-refractivity contribution in [2.45, 2.75) is 26.5 Å². The van der Waals surface area contributed by atoms with Crippen molar-refractivity contribution in [1.82, 2.24) is 4.90 Å². The van der Waals surface area contributed by atoms with E-state index in [1.807, 2.05) is 0 Å². The van der Waals surface area contributed by atoms with Gasteiger partial charge in [-0.1, -0.05) is 18.2 Å². The Morgan fingerprint density at radius 1 is 1.44 bits per heavy atom. The fraction of sp³-hybridized carbons (Fsp3) is 0.500. The van der Waals surface area contributed by atoms with Crippen molar-refractivity contribution in [2.24, 2.45) is 5.73 Å². The smallest absolute Gasteiger partial charge is 0.127 e. The Bertz CT molecular complexity index is 424. The molecule has 1 atom stereocenters. The topological polar surface area (TPSA) is 62.3 Å². The standard InChI is InChI=1S/C14H21N3O/c1-10-4-3-5-11(2)12(10)8-17-6-7-18-13(9-17)14(15)16/h3-5,13H,6-9H2,1-2H3,(H3,15,16). The van der Waals surface area contributed by atoms with Crippen LogP contribution in [0.4, 0.5) is 0 Å². The zero-order chi connectivity index (χ0) is 13.1. The summed E-state index contributed by atoms with van der Waals surface area (Å²) in [5.74, 6) is 0.126. The summed E-state index contributed by atoms with van der Waals surface area (Å²) >= 11 is 0. The van der Waals surface area contributed by atoms with Crippen molar-refractivity contribution in [1.29, 1.82) is 5.41 Å². The molecule has 4 nitrogen and oxygen atoms in total. The van der Waals surface area contributed by atoms with E-state index in [1.54, 1.807) is 0 Å². The minimum absolute atomic E-state index is 0.126. The summed E-state index contributed by atoms with van der Waals surface area (Å²) in [4.78, 5) is 2.31. The van der Waals surface area contributed by atoms with Gasteiger partial charge in [0, 0.05) is 19.6 Å². The first-order valence-corrected chi connectivity index (χ1v) is 6.31. The number of ether oxygens (including phenoxy) is 1. The maximum atomic E-state index is 7.47. The maximum Gasteiger partial charge on any atom is 0.127 e. The molecule has 1 aliphatic rings. The molecule has 4 heteroatoms. The Morgan fingerprint density at radius 3 is 2.72 bits per heavy atom. The van der Waals surface area contributed by atoms with Crippen LogP contribution in [-0.4, -0.2) is 36.5 Å². The third kappa shape index (κ3) is 2.89. The van der Waals surface area contributed by atoms with E-state index < -0.39 is 0 Å². The zero-order valence-electron chi connectivity index (χ0n) is 11.1. The Morgan fingerprint density at radius 2 is 2.11 bits per heavy atom. The minimum atomic E-state index is -0.247. The monoisotopic (exact) mass is 247 g/mol. The van der Waals surface area contributed by atoms with Gasteiger partial charge in [0.2, 0.25) is 0 Å². The second-order valence-electron chi connectivity index (χ2n) is 4.92. The molecule has 0 radical (unpaired) electrons. The van der Waals surface area contributed by atoms with Gasteiger partial charge in [0.15, 0.2) is 0 Å². The predicted molar refractivity (Wildman–Crippen MR) is 72.8 cm³/mol. The molecule has 1 heterocycles. The first-order valence-electron chi connectivity index (χ1n) is 6.31. The lowest BCUT2D eigenvalue weighted by molar-refractivity contribution is 0.00223. The first-order chi connectivity index (χ1) is 8.58. The summed E-state index contributed by atoms with van der Waals surface area (Å²) in [7, 11) is 0. The summed E-state index contributed by atoms with van der Waals surface area (Å²) in [6.07, 6.45) is -0.247. The molecule has 0 aromatic heterocycles. The highest BCUT2D eigenvalue weighted by atomic mass is 16.5. The number of rotatable bonds is 3. The molecular formula is C14H21N3O. The predicted octanol–water partition coefficient (Wildman–Crippen LogP) is 1.44. The van der Waals surface area contributed by atoms with E-state index in [9.17, 15) is 0 Å². The van der Waals surface area contributed by atoms with Gasteiger partial charge in [-0.15, -0.1) is 0 Å². The maximum absolute atomic E-state index is 7.47. The Kier molecular flexibility index (Phi) is 3.99. The third-order valence-corrected chi connectivity index (χ3v) is 3.52. The fourth-order valence-corrected chi connectivity index (χ4v) is 2.36. The van der Waals surface area contributed by atoms with Crippen molar-refractivity contribution >= 4 is 5.84 Å². The van der Waals surface area contributed by atoms with E-state index in [0.29, 0.717) is 13.2 Å². The van der Waals surface area contributed by atoms with Gasteiger partial charge in [0.25, 0.3) is 0 Å². The van der Waals surface area contributed by atoms with E-state index in [-0.39, 0.29) is 11.9 Å². The van der Waals surface area contributed by atoms with Gasteiger partial charge in [-0.25, -0.2) is 0 Å². The molecule has 1 aromatic carbocycles. The summed E-state index contributed by atoms with van der Waals surface area (Å²) in [6.45, 7) is 7.46. The SMILES string of the molecule is Cc1cccc(C)c1CN1CCOC(C(=N)N)C1. The van der Waals surface area contributed by atoms with Gasteiger partial charge in [-0.05, 0) is 30.5 Å². The quantitative estimate of drug-likeness (QED) is 0.627. The highest BCUT2D eigenvalue weighted by Gasteiger charge is 2.23. The van der Waals surface area contributed by atoms with Crippen LogP contribution in [0.1, 0.15) is 16.7 Å². The van der Waals surface area contributed by atoms with Crippen molar-refractivity contribution < 1.29 is 4.74 Å². The number of nitrogens with one attached hydrogen (secondary N) is 1. The van der Waals surface area contributed by atoms with Gasteiger partial charge >= 0.3 is 0 Å². The summed E-state index contributed by atoms with van der Waals surface area (Å²) < 4.78 is 5.48. The number of nitrogens with two attached hydrogens (primary N) is 1. The highest BCUT2D eigenvalue weighted by molar-refractivity contribution is 5.82. The van der Waals surface area contributed by atoms with Crippen LogP contribution < -0.4 is 5.73 Å². The largest absolute Gasteiger partial charge is 0.385 e. The van der Waals surface area contributed by atoms with Crippen molar-refractivity contribution in [2.75, 3.05) is 19.7 Å². The number of benzene rings is 1. The second-order valence-corrected chi connectivity index (χ2v) is 4.92. The number of morpholine rings is 1. The van der Waals surface area contributed by atoms with Gasteiger partial charge in [0.1, 0.15) is 11.9 Å². The average molecular weight is 247 g/mol. The highest BCUT2D eigenvalue weighted by Crippen LogP contribution is 2.17. The minimum Gasteiger partial charge on any atom is -0.385 e. The Hall–Kier alpha value is -1.39. The number of hydrogen-bond donors (Lipinski definition) is 2. The van der Waals surface area contributed by atoms with Crippen LogP contribution in [0.2, 0.25) is 0 Å². The van der Waals surface area contributed by atoms with Crippen LogP contribution in [0.5, 0.6) is 0 Å². The lowest BCUT2D eigenvalue weighted by atomic mass is 10.0. The third-order valence-electron chi connectivity index (χ3n) is 3.52. The molecule has 0 bridgehead atoms. The molecule has 2 rings (SSSR count). The molecule has 0 aliphatic carbocycles. The molecule has 3 N–H and O–H groups in total. The van der Waals surface area contributed by atoms with Crippen molar-refractivity contribution in [3.8, 4) is 0 Å². The molecule has 1 fully saturated rings. The van der Waals surface area contributed by atoms with E-state index >= 15 is 0 Å². The van der Waals surface area contributed by atoms with E-state index in [2.05, 4.69) is 36.9 Å². The zero-order valence-corrected chi connectivity index (χ0v) is 11.1. The molecule has 0 amide bonds. The molecular weight excluding hydrogens is 226 g/mol. The van der Waals surface area contributed by atoms with E-state index in [4.69, 9.17) is 15.9 Å². The van der Waals surface area contributed by atoms with Gasteiger partial charge in [-0.2, -0.15) is 0 Å². The van der Waals surface area contributed by atoms with Crippen LogP contribution in [0, 0.1) is 19.3 Å². The molecule has 0 spiro atoms. The Balaban J connectivity index is 2.07. The molecule has 0 saturated carbocycles. The van der Waals surface area contributed by atoms with Gasteiger partial charge in [-0.3, -0.25) is 10.3 Å². The molecule has 1 saturated heterocycles. The summed E-state index contributed by atoms with van der Waals surface area (Å²) in [5, 5.41) is 7.47. The normalized spacial score (nSPS) is 20.9. The molecule has 98 valence electrons. The molecule has 1 aliphatic heterocycles. The average Bonchev–Trinajstić information content (AvgIpc) is 2.34. The van der Waals surface area contributed by atoms with Crippen LogP contribution in [-0.2, 0) is 11.3 Å². The van der Waals surface area contributed by atoms with Gasteiger partial charge < -0.3 is 10.5 Å². The summed E-state index contributed by atoms with van der Waals surface area (Å²) in [6, 6.07) is 6.38. The number of amidine groups is 1. The second kappa shape index (κ2) is 5.50. The van der Waals surface area contributed by atoms with E-state index in [1.165, 1.54) is 16.7 Å². The van der Waals surface area contributed by atoms with Crippen LogP contribution in [0.15, 0.2) is 18.2 Å². The van der Waals surface area contributed by atoms with E-state index in [0.717, 1.165) is 13.1 Å². The van der Waals surface area contributed by atoms with Gasteiger partial charge in [0.05, 0.1) is 6.61 Å². The number of hydrogen-bond acceptors (Lipinski definition) is 3. The fourth-order valence-electron chi connectivity index (χ4n) is 2.36. The molecule has 18 heavy (non-hydrogen) atoms. The van der Waals surface area contributed by atoms with Crippen molar-refractivity contribution in [3.05, 3.63) is 34.9 Å². The first kappa shape index (κ1) is 13.1. The molecule has 1 aromatic rings. The lowest BCUT2D eigenvalue weighted by Crippen LogP contribution is -2.47. The number of nitrogens with zero attached hydrogens (tertiary/aromatic N) is 1. The van der Waals surface area contributed by atoms with Crippen LogP contribution in [0.3, 0.4) is 0 Å². The molecule has 1 unspecified atom stereocenters.